The molecule has 1 aromatic heterocycles. The molecule has 4 rings (SSSR count). The minimum absolute atomic E-state index is 0.110. The molecule has 0 radical (unpaired) electrons. The maximum absolute atomic E-state index is 11.7. The Hall–Kier alpha value is -2.38. The Balaban J connectivity index is 1.42. The summed E-state index contributed by atoms with van der Waals surface area (Å²) in [5.41, 5.74) is 3.12. The second-order valence-corrected chi connectivity index (χ2v) is 8.24. The van der Waals surface area contributed by atoms with E-state index in [1.807, 2.05) is 36.4 Å². The average molecular weight is 383 g/mol. The van der Waals surface area contributed by atoms with Gasteiger partial charge in [0, 0.05) is 24.3 Å². The van der Waals surface area contributed by atoms with E-state index >= 15 is 0 Å². The first-order valence-corrected chi connectivity index (χ1v) is 10.1. The van der Waals surface area contributed by atoms with Crippen LogP contribution >= 0.6 is 23.1 Å². The molecule has 3 aromatic rings. The number of hydrogen-bond donors (Lipinski definition) is 1. The maximum Gasteiger partial charge on any atom is 0.231 e. The van der Waals surface area contributed by atoms with Crippen molar-refractivity contribution in [1.29, 1.82) is 0 Å². The summed E-state index contributed by atoms with van der Waals surface area (Å²) in [5.74, 6) is 0.673. The topological polar surface area (TPSA) is 62.3 Å². The molecule has 0 bridgehead atoms. The predicted molar refractivity (Wildman–Crippen MR) is 105 cm³/mol. The molecule has 5 nitrogen and oxygen atoms in total. The molecule has 0 unspecified atom stereocenters. The monoisotopic (exact) mass is 383 g/mol. The Bertz CT molecular complexity index is 940. The van der Waals surface area contributed by atoms with Crippen LogP contribution in [0.3, 0.4) is 0 Å². The summed E-state index contributed by atoms with van der Waals surface area (Å²) >= 11 is 3.38. The number of fused-ring (bicyclic) bond motifs is 1. The number of nitrogens with zero attached hydrogens (tertiary/aromatic N) is 2. The molecule has 1 aliphatic heterocycles. The lowest BCUT2D eigenvalue weighted by atomic mass is 10.2. The highest BCUT2D eigenvalue weighted by Gasteiger charge is 2.28. The zero-order valence-electron chi connectivity index (χ0n) is 14.0. The Kier molecular flexibility index (Phi) is 4.90. The molecule has 1 N–H and O–H groups in total. The van der Waals surface area contributed by atoms with Crippen LogP contribution in [0.5, 0.6) is 0 Å². The summed E-state index contributed by atoms with van der Waals surface area (Å²) in [7, 11) is 0. The Morgan fingerprint density at radius 2 is 1.85 bits per heavy atom. The smallest absolute Gasteiger partial charge is 0.231 e. The number of imide groups is 1. The lowest BCUT2D eigenvalue weighted by Crippen LogP contribution is -2.33. The Morgan fingerprint density at radius 1 is 1.08 bits per heavy atom. The largest absolute Gasteiger partial charge is 0.367 e. The zero-order chi connectivity index (χ0) is 17.9. The fourth-order valence-corrected chi connectivity index (χ4v) is 4.83. The summed E-state index contributed by atoms with van der Waals surface area (Å²) in [6.45, 7) is 0.220. The number of benzene rings is 2. The highest BCUT2D eigenvalue weighted by atomic mass is 32.2. The third-order valence-electron chi connectivity index (χ3n) is 4.17. The predicted octanol–water partition coefficient (Wildman–Crippen LogP) is 4.11. The van der Waals surface area contributed by atoms with E-state index < -0.39 is 0 Å². The molecule has 1 saturated heterocycles. The number of thiazole rings is 1. The van der Waals surface area contributed by atoms with Gasteiger partial charge in [0.15, 0.2) is 4.34 Å². The van der Waals surface area contributed by atoms with Crippen LogP contribution in [-0.4, -0.2) is 28.4 Å². The number of aromatic nitrogens is 1. The average Bonchev–Trinajstić information content (AvgIpc) is 3.21. The molecule has 2 amide bonds. The number of hydrogen-bond acceptors (Lipinski definition) is 6. The molecule has 1 fully saturated rings. The first-order chi connectivity index (χ1) is 12.7. The number of rotatable bonds is 6. The first-order valence-electron chi connectivity index (χ1n) is 8.33. The Morgan fingerprint density at radius 3 is 2.62 bits per heavy atom. The molecule has 0 aliphatic carbocycles. The van der Waals surface area contributed by atoms with Gasteiger partial charge in [-0.3, -0.25) is 14.5 Å². The zero-order valence-corrected chi connectivity index (χ0v) is 15.6. The van der Waals surface area contributed by atoms with Gasteiger partial charge in [-0.05, 0) is 23.8 Å². The van der Waals surface area contributed by atoms with Gasteiger partial charge in [0.05, 0.1) is 16.9 Å². The Labute approximate surface area is 159 Å². The van der Waals surface area contributed by atoms with Gasteiger partial charge in [-0.15, -0.1) is 11.3 Å². The van der Waals surface area contributed by atoms with Crippen LogP contribution < -0.4 is 5.32 Å². The molecule has 7 heteroatoms. The normalized spacial score (nSPS) is 14.4. The quantitative estimate of drug-likeness (QED) is 0.513. The summed E-state index contributed by atoms with van der Waals surface area (Å²) in [6.07, 6.45) is 0.632. The van der Waals surface area contributed by atoms with Crippen LogP contribution in [0.1, 0.15) is 18.4 Å². The van der Waals surface area contributed by atoms with Crippen molar-refractivity contribution in [3.05, 3.63) is 54.1 Å². The van der Waals surface area contributed by atoms with E-state index in [0.29, 0.717) is 12.8 Å². The number of amides is 2. The number of nitrogens with one attached hydrogen (secondary N) is 1. The number of thioether (sulfide) groups is 1. The van der Waals surface area contributed by atoms with Crippen LogP contribution in [0.25, 0.3) is 10.2 Å². The summed E-state index contributed by atoms with van der Waals surface area (Å²) < 4.78 is 2.12. The highest BCUT2D eigenvalue weighted by Crippen LogP contribution is 2.33. The molecule has 132 valence electrons. The van der Waals surface area contributed by atoms with Crippen molar-refractivity contribution in [2.75, 3.05) is 12.0 Å². The molecule has 0 saturated carbocycles. The van der Waals surface area contributed by atoms with E-state index in [2.05, 4.69) is 22.4 Å². The summed E-state index contributed by atoms with van der Waals surface area (Å²) in [4.78, 5) is 29.3. The summed E-state index contributed by atoms with van der Waals surface area (Å²) in [6, 6.07) is 16.2. The van der Waals surface area contributed by atoms with Gasteiger partial charge in [0.25, 0.3) is 0 Å². The van der Waals surface area contributed by atoms with Crippen molar-refractivity contribution in [3.8, 4) is 0 Å². The van der Waals surface area contributed by atoms with Crippen molar-refractivity contribution in [2.45, 2.75) is 22.9 Å². The maximum atomic E-state index is 11.7. The van der Waals surface area contributed by atoms with Gasteiger partial charge in [0.1, 0.15) is 0 Å². The minimum Gasteiger partial charge on any atom is -0.367 e. The first kappa shape index (κ1) is 17.1. The molecule has 26 heavy (non-hydrogen) atoms. The number of carbonyl (C=O) groups is 2. The van der Waals surface area contributed by atoms with Crippen molar-refractivity contribution in [1.82, 2.24) is 9.88 Å². The number of carbonyl (C=O) groups excluding carboxylic acids is 2. The second-order valence-electron chi connectivity index (χ2n) is 5.99. The van der Waals surface area contributed by atoms with Crippen molar-refractivity contribution < 1.29 is 9.59 Å². The fraction of sp³-hybridized carbons (Fsp3) is 0.211. The van der Waals surface area contributed by atoms with Crippen LogP contribution in [0.4, 0.5) is 5.69 Å². The van der Waals surface area contributed by atoms with Gasteiger partial charge < -0.3 is 5.32 Å². The molecular weight excluding hydrogens is 366 g/mol. The third-order valence-corrected chi connectivity index (χ3v) is 6.40. The van der Waals surface area contributed by atoms with Gasteiger partial charge >= 0.3 is 0 Å². The second kappa shape index (κ2) is 7.47. The summed E-state index contributed by atoms with van der Waals surface area (Å²) in [5, 5.41) is 3.16. The van der Waals surface area contributed by atoms with Crippen LogP contribution in [0, 0.1) is 0 Å². The van der Waals surface area contributed by atoms with Crippen LogP contribution in [0.2, 0.25) is 0 Å². The lowest BCUT2D eigenvalue weighted by Gasteiger charge is -2.15. The van der Waals surface area contributed by atoms with E-state index in [4.69, 9.17) is 0 Å². The SMILES string of the molecule is O=C1CCC(=O)N1CNc1ccc2nc(SCc3ccccc3)sc2c1. The number of likely N-dealkylation sites (tertiary alicyclic amines) is 1. The molecule has 2 aromatic carbocycles. The molecule has 2 heterocycles. The van der Waals surface area contributed by atoms with Gasteiger partial charge in [0.2, 0.25) is 11.8 Å². The van der Waals surface area contributed by atoms with E-state index in [1.165, 1.54) is 10.5 Å². The lowest BCUT2D eigenvalue weighted by molar-refractivity contribution is -0.137. The van der Waals surface area contributed by atoms with Crippen LogP contribution in [0.15, 0.2) is 52.9 Å². The number of anilines is 1. The van der Waals surface area contributed by atoms with E-state index in [1.54, 1.807) is 23.1 Å². The van der Waals surface area contributed by atoms with E-state index in [9.17, 15) is 9.59 Å². The molecular formula is C19H17N3O2S2. The van der Waals surface area contributed by atoms with E-state index in [0.717, 1.165) is 26.0 Å². The fourth-order valence-electron chi connectivity index (χ4n) is 2.76. The van der Waals surface area contributed by atoms with Crippen LogP contribution in [-0.2, 0) is 15.3 Å². The minimum atomic E-state index is -0.110. The van der Waals surface area contributed by atoms with Crippen molar-refractivity contribution in [2.24, 2.45) is 0 Å². The van der Waals surface area contributed by atoms with Crippen molar-refractivity contribution in [3.63, 3.8) is 0 Å². The highest BCUT2D eigenvalue weighted by molar-refractivity contribution is 8.00. The third kappa shape index (κ3) is 3.73. The standard InChI is InChI=1S/C19H17N3O2S2/c23-17-8-9-18(24)22(17)12-20-14-6-7-15-16(10-14)26-19(21-15)25-11-13-4-2-1-3-5-13/h1-7,10,20H,8-9,11-12H2. The molecule has 1 aliphatic rings. The van der Waals surface area contributed by atoms with E-state index in [-0.39, 0.29) is 18.5 Å². The van der Waals surface area contributed by atoms with Gasteiger partial charge in [-0.25, -0.2) is 4.98 Å². The van der Waals surface area contributed by atoms with Gasteiger partial charge in [-0.1, -0.05) is 42.1 Å². The van der Waals surface area contributed by atoms with Gasteiger partial charge in [-0.2, -0.15) is 0 Å². The molecule has 0 spiro atoms. The molecule has 0 atom stereocenters. The van der Waals surface area contributed by atoms with Crippen molar-refractivity contribution >= 4 is 50.8 Å².